The van der Waals surface area contributed by atoms with Crippen molar-refractivity contribution in [1.82, 2.24) is 4.90 Å². The maximum absolute atomic E-state index is 12.6. The van der Waals surface area contributed by atoms with Crippen molar-refractivity contribution in [2.24, 2.45) is 0 Å². The van der Waals surface area contributed by atoms with Crippen molar-refractivity contribution in [2.75, 3.05) is 11.9 Å². The number of fused-ring (bicyclic) bond motifs is 1. The van der Waals surface area contributed by atoms with Crippen LogP contribution in [0.1, 0.15) is 60.6 Å². The third kappa shape index (κ3) is 4.42. The maximum Gasteiger partial charge on any atom is 0.225 e. The predicted molar refractivity (Wildman–Crippen MR) is 111 cm³/mol. The molecule has 1 aromatic carbocycles. The molecule has 3 rings (SSSR count). The molecule has 146 valence electrons. The van der Waals surface area contributed by atoms with Crippen LogP contribution in [0.15, 0.2) is 30.3 Å². The normalized spacial score (nSPS) is 14.1. The number of carbonyl (C=O) groups is 2. The molecule has 0 unspecified atom stereocenters. The van der Waals surface area contributed by atoms with E-state index < -0.39 is 0 Å². The number of rotatable bonds is 6. The summed E-state index contributed by atoms with van der Waals surface area (Å²) in [5.74, 6) is 0.163. The van der Waals surface area contributed by atoms with Gasteiger partial charge in [0, 0.05) is 24.3 Å². The molecule has 5 nitrogen and oxygen atoms in total. The first kappa shape index (κ1) is 20.1. The number of hydrogen-bond donors (Lipinski definition) is 1. The van der Waals surface area contributed by atoms with Gasteiger partial charge in [-0.05, 0) is 29.9 Å². The van der Waals surface area contributed by atoms with Gasteiger partial charge in [0.25, 0.3) is 0 Å². The van der Waals surface area contributed by atoms with Gasteiger partial charge in [0.2, 0.25) is 11.8 Å². The first-order valence-electron chi connectivity index (χ1n) is 9.70. The van der Waals surface area contributed by atoms with Crippen molar-refractivity contribution in [3.63, 3.8) is 0 Å². The molecule has 0 aliphatic carbocycles. The summed E-state index contributed by atoms with van der Waals surface area (Å²) in [5, 5.41) is 13.2. The zero-order valence-corrected chi connectivity index (χ0v) is 17.1. The highest BCUT2D eigenvalue weighted by molar-refractivity contribution is 7.16. The Hall–Kier alpha value is -2.65. The minimum atomic E-state index is -0.0923. The van der Waals surface area contributed by atoms with Gasteiger partial charge in [-0.3, -0.25) is 9.59 Å². The van der Waals surface area contributed by atoms with Gasteiger partial charge in [-0.25, -0.2) is 0 Å². The van der Waals surface area contributed by atoms with E-state index in [2.05, 4.69) is 11.4 Å². The third-order valence-electron chi connectivity index (χ3n) is 5.10. The molecule has 0 saturated carbocycles. The van der Waals surface area contributed by atoms with Crippen molar-refractivity contribution in [1.29, 1.82) is 5.26 Å². The van der Waals surface area contributed by atoms with Gasteiger partial charge >= 0.3 is 0 Å². The van der Waals surface area contributed by atoms with Gasteiger partial charge < -0.3 is 10.2 Å². The van der Waals surface area contributed by atoms with Gasteiger partial charge in [0.05, 0.1) is 12.1 Å². The molecule has 1 N–H and O–H groups in total. The zero-order valence-electron chi connectivity index (χ0n) is 16.3. The van der Waals surface area contributed by atoms with Crippen LogP contribution in [0, 0.1) is 11.3 Å². The lowest BCUT2D eigenvalue weighted by atomic mass is 9.97. The summed E-state index contributed by atoms with van der Waals surface area (Å²) in [6.45, 7) is 5.19. The summed E-state index contributed by atoms with van der Waals surface area (Å²) in [6, 6.07) is 12.2. The van der Waals surface area contributed by atoms with Gasteiger partial charge in [-0.2, -0.15) is 5.26 Å². The zero-order chi connectivity index (χ0) is 20.1. The second kappa shape index (κ2) is 9.03. The lowest BCUT2D eigenvalue weighted by molar-refractivity contribution is -0.132. The average molecular weight is 396 g/mol. The fourth-order valence-electron chi connectivity index (χ4n) is 3.55. The SMILES string of the molecule is CCCC(=O)N1CCc2c(sc(NC(=O)C[C@H](C)c3ccccc3)c2C#N)C1. The highest BCUT2D eigenvalue weighted by Crippen LogP contribution is 2.37. The van der Waals surface area contributed by atoms with Crippen molar-refractivity contribution in [3.8, 4) is 6.07 Å². The number of hydrogen-bond acceptors (Lipinski definition) is 4. The standard InChI is InChI=1S/C22H25N3O2S/c1-3-7-21(27)25-11-10-17-18(13-23)22(28-19(17)14-25)24-20(26)12-15(2)16-8-5-4-6-9-16/h4-6,8-9,15H,3,7,10-12,14H2,1-2H3,(H,24,26)/t15-/m0/s1. The van der Waals surface area contributed by atoms with Crippen LogP contribution in [0.2, 0.25) is 0 Å². The average Bonchev–Trinajstić information content (AvgIpc) is 3.04. The minimum absolute atomic E-state index is 0.0923. The summed E-state index contributed by atoms with van der Waals surface area (Å²) in [7, 11) is 0. The number of benzene rings is 1. The molecule has 6 heteroatoms. The van der Waals surface area contributed by atoms with Gasteiger partial charge in [-0.15, -0.1) is 11.3 Å². The summed E-state index contributed by atoms with van der Waals surface area (Å²) in [5.41, 5.74) is 2.66. The van der Waals surface area contributed by atoms with Crippen molar-refractivity contribution >= 4 is 28.2 Å². The van der Waals surface area contributed by atoms with Gasteiger partial charge in [0.1, 0.15) is 11.1 Å². The van der Waals surface area contributed by atoms with E-state index >= 15 is 0 Å². The third-order valence-corrected chi connectivity index (χ3v) is 6.23. The van der Waals surface area contributed by atoms with Crippen molar-refractivity contribution in [3.05, 3.63) is 51.9 Å². The Bertz CT molecular complexity index is 898. The lowest BCUT2D eigenvalue weighted by Crippen LogP contribution is -2.35. The molecule has 0 saturated heterocycles. The first-order chi connectivity index (χ1) is 13.5. The minimum Gasteiger partial charge on any atom is -0.337 e. The van der Waals surface area contributed by atoms with Crippen LogP contribution in [0.5, 0.6) is 0 Å². The summed E-state index contributed by atoms with van der Waals surface area (Å²) < 4.78 is 0. The molecular weight excluding hydrogens is 370 g/mol. The molecule has 1 aliphatic heterocycles. The van der Waals surface area contributed by atoms with E-state index in [1.54, 1.807) is 0 Å². The molecule has 1 atom stereocenters. The van der Waals surface area contributed by atoms with Crippen LogP contribution in [-0.4, -0.2) is 23.3 Å². The van der Waals surface area contributed by atoms with Gasteiger partial charge in [0.15, 0.2) is 0 Å². The quantitative estimate of drug-likeness (QED) is 0.786. The van der Waals surface area contributed by atoms with Crippen LogP contribution in [0.3, 0.4) is 0 Å². The second-order valence-corrected chi connectivity index (χ2v) is 8.30. The Kier molecular flexibility index (Phi) is 6.48. The van der Waals surface area contributed by atoms with E-state index in [1.807, 2.05) is 49.1 Å². The highest BCUT2D eigenvalue weighted by Gasteiger charge is 2.27. The number of amides is 2. The Morgan fingerprint density at radius 1 is 1.32 bits per heavy atom. The van der Waals surface area contributed by atoms with Gasteiger partial charge in [-0.1, -0.05) is 44.2 Å². The van der Waals surface area contributed by atoms with E-state index in [9.17, 15) is 14.9 Å². The number of nitrogens with one attached hydrogen (secondary N) is 1. The highest BCUT2D eigenvalue weighted by atomic mass is 32.1. The molecule has 28 heavy (non-hydrogen) atoms. The number of carbonyl (C=O) groups excluding carboxylic acids is 2. The largest absolute Gasteiger partial charge is 0.337 e. The number of anilines is 1. The van der Waals surface area contributed by atoms with Crippen LogP contribution >= 0.6 is 11.3 Å². The monoisotopic (exact) mass is 395 g/mol. The summed E-state index contributed by atoms with van der Waals surface area (Å²) in [4.78, 5) is 27.6. The molecule has 0 spiro atoms. The Balaban J connectivity index is 1.71. The van der Waals surface area contributed by atoms with Crippen LogP contribution < -0.4 is 5.32 Å². The molecule has 1 aromatic heterocycles. The smallest absolute Gasteiger partial charge is 0.225 e. The first-order valence-corrected chi connectivity index (χ1v) is 10.5. The topological polar surface area (TPSA) is 73.2 Å². The molecule has 2 aromatic rings. The van der Waals surface area contributed by atoms with E-state index in [1.165, 1.54) is 11.3 Å². The molecule has 0 radical (unpaired) electrons. The molecule has 1 aliphatic rings. The Labute approximate surface area is 170 Å². The van der Waals surface area contributed by atoms with E-state index in [4.69, 9.17) is 0 Å². The Morgan fingerprint density at radius 2 is 2.07 bits per heavy atom. The fraction of sp³-hybridized carbons (Fsp3) is 0.409. The van der Waals surface area contributed by atoms with E-state index in [0.717, 1.165) is 22.4 Å². The number of thiophene rings is 1. The van der Waals surface area contributed by atoms with Crippen LogP contribution in [0.4, 0.5) is 5.00 Å². The van der Waals surface area contributed by atoms with Crippen molar-refractivity contribution in [2.45, 2.75) is 52.0 Å². The van der Waals surface area contributed by atoms with Crippen LogP contribution in [0.25, 0.3) is 0 Å². The molecular formula is C22H25N3O2S. The summed E-state index contributed by atoms with van der Waals surface area (Å²) >= 11 is 1.43. The predicted octanol–water partition coefficient (Wildman–Crippen LogP) is 4.44. The van der Waals surface area contributed by atoms with Crippen LogP contribution in [-0.2, 0) is 22.6 Å². The maximum atomic E-state index is 12.6. The second-order valence-electron chi connectivity index (χ2n) is 7.20. The number of nitrogens with zero attached hydrogens (tertiary/aromatic N) is 2. The molecule has 2 heterocycles. The molecule has 2 amide bonds. The summed E-state index contributed by atoms with van der Waals surface area (Å²) in [6.07, 6.45) is 2.41. The van der Waals surface area contributed by atoms with Crippen molar-refractivity contribution < 1.29 is 9.59 Å². The molecule has 0 fully saturated rings. The van der Waals surface area contributed by atoms with E-state index in [-0.39, 0.29) is 17.7 Å². The fourth-order valence-corrected chi connectivity index (χ4v) is 4.78. The molecule has 0 bridgehead atoms. The number of nitriles is 1. The van der Waals surface area contributed by atoms with E-state index in [0.29, 0.717) is 42.9 Å². The lowest BCUT2D eigenvalue weighted by Gasteiger charge is -2.26. The Morgan fingerprint density at radius 3 is 2.75 bits per heavy atom.